The Morgan fingerprint density at radius 1 is 1.29 bits per heavy atom. The maximum Gasteiger partial charge on any atom is 0.302 e. The lowest BCUT2D eigenvalue weighted by Gasteiger charge is -2.31. The molecule has 0 heterocycles. The van der Waals surface area contributed by atoms with Gasteiger partial charge in [0, 0.05) is 24.7 Å². The molecule has 0 unspecified atom stereocenters. The summed E-state index contributed by atoms with van der Waals surface area (Å²) in [7, 11) is 0. The van der Waals surface area contributed by atoms with Gasteiger partial charge in [-0.1, -0.05) is 19.1 Å². The largest absolute Gasteiger partial charge is 0.465 e. The molecule has 0 aromatic heterocycles. The van der Waals surface area contributed by atoms with Gasteiger partial charge in [0.25, 0.3) is 0 Å². The molecule has 2 aliphatic carbocycles. The van der Waals surface area contributed by atoms with Gasteiger partial charge in [-0.15, -0.1) is 0 Å². The first-order valence-electron chi connectivity index (χ1n) is 5.88. The number of esters is 1. The summed E-state index contributed by atoms with van der Waals surface area (Å²) in [5, 5.41) is 0. The monoisotopic (exact) mass is 236 g/mol. The van der Waals surface area contributed by atoms with E-state index in [9.17, 15) is 14.4 Å². The Labute approximate surface area is 100 Å². The minimum Gasteiger partial charge on any atom is -0.465 e. The van der Waals surface area contributed by atoms with Crippen LogP contribution in [0.4, 0.5) is 0 Å². The second-order valence-electron chi connectivity index (χ2n) is 4.87. The Morgan fingerprint density at radius 3 is 2.59 bits per heavy atom. The fourth-order valence-electron chi connectivity index (χ4n) is 2.86. The first-order chi connectivity index (χ1) is 8.00. The lowest BCUT2D eigenvalue weighted by atomic mass is 9.73. The van der Waals surface area contributed by atoms with Crippen molar-refractivity contribution in [2.24, 2.45) is 23.7 Å². The number of fused-ring (bicyclic) bond motifs is 1. The van der Waals surface area contributed by atoms with Crippen LogP contribution in [0, 0.1) is 23.7 Å². The van der Waals surface area contributed by atoms with Gasteiger partial charge < -0.3 is 4.74 Å². The van der Waals surface area contributed by atoms with Crippen molar-refractivity contribution in [1.82, 2.24) is 0 Å². The Bertz CT molecular complexity index is 396. The number of hydrogen-bond acceptors (Lipinski definition) is 4. The van der Waals surface area contributed by atoms with Gasteiger partial charge in [-0.2, -0.15) is 0 Å². The van der Waals surface area contributed by atoms with Crippen molar-refractivity contribution in [3.63, 3.8) is 0 Å². The Hall–Kier alpha value is -1.45. The van der Waals surface area contributed by atoms with E-state index in [4.69, 9.17) is 4.74 Å². The highest BCUT2D eigenvalue weighted by Crippen LogP contribution is 2.41. The summed E-state index contributed by atoms with van der Waals surface area (Å²) in [4.78, 5) is 34.4. The van der Waals surface area contributed by atoms with Crippen LogP contribution in [-0.2, 0) is 19.1 Å². The number of allylic oxidation sites excluding steroid dienone is 1. The average Bonchev–Trinajstić information content (AvgIpc) is 2.55. The summed E-state index contributed by atoms with van der Waals surface area (Å²) in [5.74, 6) is -0.871. The molecule has 4 nitrogen and oxygen atoms in total. The summed E-state index contributed by atoms with van der Waals surface area (Å²) in [6.45, 7) is 3.49. The van der Waals surface area contributed by atoms with Crippen molar-refractivity contribution in [2.45, 2.75) is 20.3 Å². The predicted octanol–water partition coefficient (Wildman–Crippen LogP) is 1.15. The molecule has 2 aliphatic rings. The summed E-state index contributed by atoms with van der Waals surface area (Å²) in [5.41, 5.74) is 0. The van der Waals surface area contributed by atoms with Crippen molar-refractivity contribution < 1.29 is 19.1 Å². The highest BCUT2D eigenvalue weighted by atomic mass is 16.5. The molecule has 92 valence electrons. The number of ether oxygens (including phenoxy) is 1. The molecule has 0 aromatic carbocycles. The molecule has 1 fully saturated rings. The molecule has 0 bridgehead atoms. The molecule has 17 heavy (non-hydrogen) atoms. The third kappa shape index (κ3) is 2.16. The zero-order valence-electron chi connectivity index (χ0n) is 10.0. The molecule has 0 aliphatic heterocycles. The average molecular weight is 236 g/mol. The maximum atomic E-state index is 11.8. The van der Waals surface area contributed by atoms with Gasteiger partial charge in [-0.3, -0.25) is 14.4 Å². The van der Waals surface area contributed by atoms with Gasteiger partial charge in [0.1, 0.15) is 11.6 Å². The molecule has 1 saturated carbocycles. The lowest BCUT2D eigenvalue weighted by Crippen LogP contribution is -2.35. The van der Waals surface area contributed by atoms with E-state index in [1.807, 2.05) is 19.1 Å². The number of carbonyl (C=O) groups excluding carboxylic acids is 3. The van der Waals surface area contributed by atoms with E-state index in [-0.39, 0.29) is 54.2 Å². The molecule has 0 saturated heterocycles. The zero-order valence-corrected chi connectivity index (χ0v) is 10.0. The van der Waals surface area contributed by atoms with E-state index in [1.54, 1.807) is 0 Å². The SMILES string of the molecule is CC(=O)OC[C@@H]1C=C[C@H](C)[C@@H]2C(=O)CC(=O)[C@@H]21. The van der Waals surface area contributed by atoms with Crippen LogP contribution in [0.2, 0.25) is 0 Å². The molecular weight excluding hydrogens is 220 g/mol. The van der Waals surface area contributed by atoms with Crippen molar-refractivity contribution in [3.05, 3.63) is 12.2 Å². The minimum atomic E-state index is -0.356. The number of Topliss-reactive ketones (excluding diaryl/α,β-unsaturated/α-hetero) is 2. The zero-order chi connectivity index (χ0) is 12.6. The third-order valence-electron chi connectivity index (χ3n) is 3.65. The smallest absolute Gasteiger partial charge is 0.302 e. The van der Waals surface area contributed by atoms with Gasteiger partial charge >= 0.3 is 5.97 Å². The number of ketones is 2. The highest BCUT2D eigenvalue weighted by Gasteiger charge is 2.48. The lowest BCUT2D eigenvalue weighted by molar-refractivity contribution is -0.143. The Kier molecular flexibility index (Phi) is 3.13. The molecular formula is C13H16O4. The first-order valence-corrected chi connectivity index (χ1v) is 5.88. The van der Waals surface area contributed by atoms with Crippen molar-refractivity contribution in [1.29, 1.82) is 0 Å². The maximum absolute atomic E-state index is 11.8. The van der Waals surface area contributed by atoms with Crippen LogP contribution in [0.25, 0.3) is 0 Å². The van der Waals surface area contributed by atoms with Gasteiger partial charge in [0.05, 0.1) is 13.0 Å². The third-order valence-corrected chi connectivity index (χ3v) is 3.65. The van der Waals surface area contributed by atoms with Crippen LogP contribution in [0.15, 0.2) is 12.2 Å². The molecule has 4 heteroatoms. The summed E-state index contributed by atoms with van der Waals surface area (Å²) in [6, 6.07) is 0. The minimum absolute atomic E-state index is 0.00616. The standard InChI is InChI=1S/C13H16O4/c1-7-3-4-9(6-17-8(2)14)13-11(16)5-10(15)12(7)13/h3-4,7,9,12-13H,5-6H2,1-2H3/t7-,9-,12+,13-/m0/s1. The molecule has 4 atom stereocenters. The van der Waals surface area contributed by atoms with Gasteiger partial charge in [-0.25, -0.2) is 0 Å². The molecule has 0 N–H and O–H groups in total. The van der Waals surface area contributed by atoms with E-state index in [1.165, 1.54) is 6.92 Å². The van der Waals surface area contributed by atoms with E-state index in [2.05, 4.69) is 0 Å². The number of rotatable bonds is 2. The highest BCUT2D eigenvalue weighted by molar-refractivity contribution is 6.09. The molecule has 0 spiro atoms. The molecule has 0 radical (unpaired) electrons. The topological polar surface area (TPSA) is 60.4 Å². The van der Waals surface area contributed by atoms with Crippen LogP contribution in [0.3, 0.4) is 0 Å². The second kappa shape index (κ2) is 4.43. The first kappa shape index (κ1) is 12.0. The summed E-state index contributed by atoms with van der Waals surface area (Å²) >= 11 is 0. The van der Waals surface area contributed by atoms with Crippen LogP contribution >= 0.6 is 0 Å². The summed E-state index contributed by atoms with van der Waals surface area (Å²) in [6.07, 6.45) is 3.90. The fraction of sp³-hybridized carbons (Fsp3) is 0.615. The normalized spacial score (nSPS) is 35.9. The molecule has 0 amide bonds. The number of carbonyl (C=O) groups is 3. The number of hydrogen-bond donors (Lipinski definition) is 0. The van der Waals surface area contributed by atoms with E-state index >= 15 is 0 Å². The van der Waals surface area contributed by atoms with E-state index in [0.717, 1.165) is 0 Å². The second-order valence-corrected chi connectivity index (χ2v) is 4.87. The van der Waals surface area contributed by atoms with Gasteiger partial charge in [-0.05, 0) is 5.92 Å². The van der Waals surface area contributed by atoms with Crippen molar-refractivity contribution in [3.8, 4) is 0 Å². The molecule has 2 rings (SSSR count). The van der Waals surface area contributed by atoms with Gasteiger partial charge in [0.15, 0.2) is 0 Å². The molecule has 0 aromatic rings. The Balaban J connectivity index is 2.17. The van der Waals surface area contributed by atoms with Crippen molar-refractivity contribution >= 4 is 17.5 Å². The quantitative estimate of drug-likeness (QED) is 0.410. The fourth-order valence-corrected chi connectivity index (χ4v) is 2.86. The van der Waals surface area contributed by atoms with Gasteiger partial charge in [0.2, 0.25) is 0 Å². The van der Waals surface area contributed by atoms with Crippen LogP contribution < -0.4 is 0 Å². The van der Waals surface area contributed by atoms with Crippen LogP contribution in [0.1, 0.15) is 20.3 Å². The van der Waals surface area contributed by atoms with E-state index in [0.29, 0.717) is 0 Å². The van der Waals surface area contributed by atoms with Crippen LogP contribution in [-0.4, -0.2) is 24.1 Å². The van der Waals surface area contributed by atoms with Crippen LogP contribution in [0.5, 0.6) is 0 Å². The van der Waals surface area contributed by atoms with E-state index < -0.39 is 0 Å². The predicted molar refractivity (Wildman–Crippen MR) is 60.0 cm³/mol. The Morgan fingerprint density at radius 2 is 1.94 bits per heavy atom. The van der Waals surface area contributed by atoms with Crippen molar-refractivity contribution in [2.75, 3.05) is 6.61 Å². The summed E-state index contributed by atoms with van der Waals surface area (Å²) < 4.78 is 4.95.